The first kappa shape index (κ1) is 18.8. The van der Waals surface area contributed by atoms with Gasteiger partial charge in [-0.1, -0.05) is 57.9 Å². The van der Waals surface area contributed by atoms with Gasteiger partial charge in [-0.25, -0.2) is 0 Å². The lowest BCUT2D eigenvalue weighted by atomic mass is 9.73. The molecule has 0 amide bonds. The summed E-state index contributed by atoms with van der Waals surface area (Å²) in [5, 5.41) is 1.75. The van der Waals surface area contributed by atoms with Crippen molar-refractivity contribution in [2.45, 2.75) is 38.5 Å². The quantitative estimate of drug-likeness (QED) is 0.406. The van der Waals surface area contributed by atoms with E-state index >= 15 is 0 Å². The van der Waals surface area contributed by atoms with Crippen LogP contribution in [0.2, 0.25) is 5.02 Å². The second-order valence-electron chi connectivity index (χ2n) is 7.03. The van der Waals surface area contributed by atoms with Crippen LogP contribution >= 0.6 is 27.5 Å². The third kappa shape index (κ3) is 3.25. The van der Waals surface area contributed by atoms with Crippen molar-refractivity contribution in [3.8, 4) is 11.1 Å². The van der Waals surface area contributed by atoms with Crippen molar-refractivity contribution < 1.29 is 9.53 Å². The minimum atomic E-state index is -0.213. The molecule has 2 aromatic rings. The fraction of sp³-hybridized carbons (Fsp3) is 0.348. The summed E-state index contributed by atoms with van der Waals surface area (Å²) >= 11 is 10.0. The summed E-state index contributed by atoms with van der Waals surface area (Å²) in [6.45, 7) is 2.28. The molecule has 140 valence electrons. The molecule has 27 heavy (non-hydrogen) atoms. The molecule has 0 heterocycles. The molecular formula is C23H22BrClO2. The van der Waals surface area contributed by atoms with Gasteiger partial charge in [-0.2, -0.15) is 0 Å². The summed E-state index contributed by atoms with van der Waals surface area (Å²) < 4.78 is 5.41. The number of fused-ring (bicyclic) bond motifs is 5. The first-order valence-corrected chi connectivity index (χ1v) is 11.0. The maximum absolute atomic E-state index is 12.7. The Morgan fingerprint density at radius 3 is 2.67 bits per heavy atom. The highest BCUT2D eigenvalue weighted by Crippen LogP contribution is 2.46. The molecule has 4 rings (SSSR count). The molecule has 1 atom stereocenters. The van der Waals surface area contributed by atoms with E-state index in [0.29, 0.717) is 13.0 Å². The molecule has 0 saturated carbocycles. The molecule has 0 aromatic heterocycles. The van der Waals surface area contributed by atoms with Gasteiger partial charge in [-0.3, -0.25) is 4.79 Å². The number of carbonyl (C=O) groups excluding carboxylic acids is 1. The number of esters is 1. The predicted molar refractivity (Wildman–Crippen MR) is 115 cm³/mol. The molecule has 4 heteroatoms. The number of alkyl halides is 1. The molecule has 2 nitrogen and oxygen atoms in total. The summed E-state index contributed by atoms with van der Waals surface area (Å²) in [6, 6.07) is 10.5. The van der Waals surface area contributed by atoms with E-state index in [4.69, 9.17) is 16.3 Å². The van der Waals surface area contributed by atoms with E-state index in [2.05, 4.69) is 40.2 Å². The van der Waals surface area contributed by atoms with Gasteiger partial charge in [0.2, 0.25) is 0 Å². The van der Waals surface area contributed by atoms with E-state index in [9.17, 15) is 4.79 Å². The largest absolute Gasteiger partial charge is 0.466 e. The van der Waals surface area contributed by atoms with Crippen LogP contribution < -0.4 is 0 Å². The van der Waals surface area contributed by atoms with E-state index in [0.717, 1.165) is 29.6 Å². The number of benzene rings is 2. The summed E-state index contributed by atoms with van der Waals surface area (Å²) in [4.78, 5) is 12.7. The number of hydrogen-bond donors (Lipinski definition) is 0. The molecule has 0 aliphatic heterocycles. The highest BCUT2D eigenvalue weighted by atomic mass is 79.9. The topological polar surface area (TPSA) is 26.3 Å². The van der Waals surface area contributed by atoms with Gasteiger partial charge in [-0.15, -0.1) is 0 Å². The zero-order chi connectivity index (χ0) is 19.0. The number of carbonyl (C=O) groups is 1. The molecule has 2 aliphatic carbocycles. The fourth-order valence-electron chi connectivity index (χ4n) is 4.46. The number of ether oxygens (including phenoxy) is 1. The molecule has 0 spiro atoms. The van der Waals surface area contributed by atoms with Gasteiger partial charge in [0, 0.05) is 10.4 Å². The highest BCUT2D eigenvalue weighted by Gasteiger charge is 2.33. The molecule has 0 saturated heterocycles. The summed E-state index contributed by atoms with van der Waals surface area (Å²) in [5.41, 5.74) is 8.63. The van der Waals surface area contributed by atoms with Crippen LogP contribution in [0.15, 0.2) is 36.4 Å². The smallest absolute Gasteiger partial charge is 0.313 e. The van der Waals surface area contributed by atoms with Crippen LogP contribution in [0.4, 0.5) is 0 Å². The van der Waals surface area contributed by atoms with E-state index < -0.39 is 0 Å². The maximum Gasteiger partial charge on any atom is 0.313 e. The predicted octanol–water partition coefficient (Wildman–Crippen LogP) is 6.32. The van der Waals surface area contributed by atoms with Gasteiger partial charge in [0.05, 0.1) is 12.5 Å². The van der Waals surface area contributed by atoms with Crippen molar-refractivity contribution in [1.29, 1.82) is 0 Å². The Kier molecular flexibility index (Phi) is 5.43. The second kappa shape index (κ2) is 7.81. The van der Waals surface area contributed by atoms with E-state index in [1.165, 1.54) is 39.0 Å². The first-order valence-electron chi connectivity index (χ1n) is 9.51. The monoisotopic (exact) mass is 444 g/mol. The third-order valence-corrected chi connectivity index (χ3v) is 6.37. The van der Waals surface area contributed by atoms with Gasteiger partial charge in [0.15, 0.2) is 0 Å². The van der Waals surface area contributed by atoms with Crippen LogP contribution in [-0.4, -0.2) is 17.9 Å². The fourth-order valence-corrected chi connectivity index (χ4v) is 5.16. The van der Waals surface area contributed by atoms with Crippen molar-refractivity contribution in [2.24, 2.45) is 0 Å². The van der Waals surface area contributed by atoms with E-state index in [1.807, 2.05) is 19.1 Å². The van der Waals surface area contributed by atoms with Crippen LogP contribution in [-0.2, 0) is 22.4 Å². The lowest BCUT2D eigenvalue weighted by Crippen LogP contribution is -2.22. The molecule has 0 fully saturated rings. The van der Waals surface area contributed by atoms with Gasteiger partial charge in [-0.05, 0) is 77.6 Å². The zero-order valence-corrected chi connectivity index (χ0v) is 17.7. The highest BCUT2D eigenvalue weighted by molar-refractivity contribution is 9.09. The minimum absolute atomic E-state index is 0.113. The second-order valence-corrected chi connectivity index (χ2v) is 8.23. The Balaban J connectivity index is 1.91. The van der Waals surface area contributed by atoms with Crippen molar-refractivity contribution in [2.75, 3.05) is 11.9 Å². The molecule has 0 N–H and O–H groups in total. The Bertz CT molecular complexity index is 932. The van der Waals surface area contributed by atoms with Crippen LogP contribution in [0.25, 0.3) is 16.7 Å². The molecule has 0 radical (unpaired) electrons. The summed E-state index contributed by atoms with van der Waals surface area (Å²) in [5.74, 6) is -0.326. The number of hydrogen-bond acceptors (Lipinski definition) is 2. The molecule has 2 aliphatic rings. The van der Waals surface area contributed by atoms with E-state index in [-0.39, 0.29) is 11.9 Å². The standard InChI is InChI=1S/C23H22BrClO2/c1-2-27-23(26)20-7-6-14(12-13-24)15-8-9-17-16-4-3-5-21(25)18(16)10-11-19(17)22(15)20/h3-6,8-9,20H,2,7,10-13H2,1H3. The number of halogens is 2. The molecule has 2 aromatic carbocycles. The number of allylic oxidation sites excluding steroid dienone is 2. The average Bonchev–Trinajstić information content (AvgIpc) is 2.68. The Labute approximate surface area is 173 Å². The van der Waals surface area contributed by atoms with Gasteiger partial charge in [0.25, 0.3) is 0 Å². The maximum atomic E-state index is 12.7. The van der Waals surface area contributed by atoms with Crippen LogP contribution in [0, 0.1) is 0 Å². The molecule has 0 bridgehead atoms. The zero-order valence-electron chi connectivity index (χ0n) is 15.4. The lowest BCUT2D eigenvalue weighted by molar-refractivity contribution is -0.144. The van der Waals surface area contributed by atoms with Crippen molar-refractivity contribution in [1.82, 2.24) is 0 Å². The van der Waals surface area contributed by atoms with Gasteiger partial charge < -0.3 is 4.74 Å². The van der Waals surface area contributed by atoms with Crippen LogP contribution in [0.3, 0.4) is 0 Å². The normalized spacial score (nSPS) is 17.4. The Morgan fingerprint density at radius 1 is 1.15 bits per heavy atom. The SMILES string of the molecule is CCOC(=O)C1CC=C(CCBr)c2ccc3c(c21)CCc1c(Cl)cccc1-3. The van der Waals surface area contributed by atoms with Crippen molar-refractivity contribution in [3.63, 3.8) is 0 Å². The summed E-state index contributed by atoms with van der Waals surface area (Å²) in [6.07, 6.45) is 5.71. The van der Waals surface area contributed by atoms with Crippen LogP contribution in [0.1, 0.15) is 47.9 Å². The average molecular weight is 446 g/mol. The summed E-state index contributed by atoms with van der Waals surface area (Å²) in [7, 11) is 0. The van der Waals surface area contributed by atoms with Crippen molar-refractivity contribution in [3.05, 3.63) is 63.7 Å². The van der Waals surface area contributed by atoms with Crippen molar-refractivity contribution >= 4 is 39.1 Å². The number of rotatable bonds is 4. The third-order valence-electron chi connectivity index (χ3n) is 5.62. The van der Waals surface area contributed by atoms with E-state index in [1.54, 1.807) is 0 Å². The minimum Gasteiger partial charge on any atom is -0.466 e. The molecular weight excluding hydrogens is 424 g/mol. The molecule has 1 unspecified atom stereocenters. The van der Waals surface area contributed by atoms with Crippen LogP contribution in [0.5, 0.6) is 0 Å². The first-order chi connectivity index (χ1) is 13.2. The van der Waals surface area contributed by atoms with Gasteiger partial charge >= 0.3 is 5.97 Å². The lowest BCUT2D eigenvalue weighted by Gasteiger charge is -2.31. The Morgan fingerprint density at radius 2 is 1.89 bits per heavy atom. The Hall–Kier alpha value is -1.58. The van der Waals surface area contributed by atoms with Gasteiger partial charge in [0.1, 0.15) is 0 Å².